The monoisotopic (exact) mass is 418 g/mol. The van der Waals surface area contributed by atoms with Gasteiger partial charge in [-0.2, -0.15) is 9.61 Å². The van der Waals surface area contributed by atoms with Crippen LogP contribution in [0.4, 0.5) is 0 Å². The number of methoxy groups -OCH3 is 1. The number of fused-ring (bicyclic) bond motifs is 3. The van der Waals surface area contributed by atoms with Gasteiger partial charge >= 0.3 is 0 Å². The first kappa shape index (κ1) is 20.0. The summed E-state index contributed by atoms with van der Waals surface area (Å²) < 4.78 is 33.7. The van der Waals surface area contributed by atoms with E-state index < -0.39 is 10.0 Å². The van der Waals surface area contributed by atoms with Crippen molar-refractivity contribution in [2.24, 2.45) is 0 Å². The van der Waals surface area contributed by atoms with E-state index in [4.69, 9.17) is 4.74 Å². The predicted molar refractivity (Wildman–Crippen MR) is 101 cm³/mol. The summed E-state index contributed by atoms with van der Waals surface area (Å²) in [5, 5.41) is 15.1. The van der Waals surface area contributed by atoms with Crippen molar-refractivity contribution in [3.63, 3.8) is 0 Å². The van der Waals surface area contributed by atoms with Crippen LogP contribution < -0.4 is 21.9 Å². The number of halogens is 1. The molecule has 0 aliphatic rings. The summed E-state index contributed by atoms with van der Waals surface area (Å²) >= 11 is 0. The van der Waals surface area contributed by atoms with Crippen LogP contribution in [0.5, 0.6) is 5.75 Å². The highest BCUT2D eigenvalue weighted by molar-refractivity contribution is 7.89. The average Bonchev–Trinajstić information content (AvgIpc) is 3.11. The SMILES string of the molecule is CNS(=O)(=O)c1ccc(OC)c(-c2nnc3c4ccccc4c(C)nn23)c1.[Cl-]. The summed E-state index contributed by atoms with van der Waals surface area (Å²) in [6, 6.07) is 12.4. The zero-order chi connectivity index (χ0) is 19.2. The summed E-state index contributed by atoms with van der Waals surface area (Å²) in [5.41, 5.74) is 1.90. The Kier molecular flexibility index (Phi) is 5.24. The lowest BCUT2D eigenvalue weighted by Crippen LogP contribution is -3.00. The number of nitrogens with one attached hydrogen (secondary N) is 1. The second-order valence-corrected chi connectivity index (χ2v) is 7.85. The van der Waals surface area contributed by atoms with Gasteiger partial charge < -0.3 is 17.1 Å². The molecule has 4 rings (SSSR count). The number of nitrogens with zero attached hydrogens (tertiary/aromatic N) is 4. The normalized spacial score (nSPS) is 11.5. The maximum absolute atomic E-state index is 12.2. The van der Waals surface area contributed by atoms with Gasteiger partial charge in [-0.15, -0.1) is 10.2 Å². The highest BCUT2D eigenvalue weighted by atomic mass is 35.5. The molecule has 28 heavy (non-hydrogen) atoms. The molecular weight excluding hydrogens is 402 g/mol. The Hall–Kier alpha value is -2.75. The van der Waals surface area contributed by atoms with Crippen LogP contribution >= 0.6 is 0 Å². The molecule has 2 aromatic carbocycles. The Morgan fingerprint density at radius 3 is 2.46 bits per heavy atom. The Labute approximate surface area is 168 Å². The van der Waals surface area contributed by atoms with Crippen LogP contribution in [0.3, 0.4) is 0 Å². The molecule has 0 saturated carbocycles. The predicted octanol–water partition coefficient (Wildman–Crippen LogP) is -0.826. The van der Waals surface area contributed by atoms with Crippen LogP contribution in [-0.4, -0.2) is 42.4 Å². The molecule has 4 aromatic rings. The van der Waals surface area contributed by atoms with Crippen LogP contribution in [-0.2, 0) is 10.0 Å². The second-order valence-electron chi connectivity index (χ2n) is 5.96. The van der Waals surface area contributed by atoms with Gasteiger partial charge in [0.2, 0.25) is 10.0 Å². The zero-order valence-electron chi connectivity index (χ0n) is 15.3. The summed E-state index contributed by atoms with van der Waals surface area (Å²) in [6.45, 7) is 1.91. The lowest BCUT2D eigenvalue weighted by atomic mass is 10.1. The number of ether oxygens (including phenoxy) is 1. The van der Waals surface area contributed by atoms with Gasteiger partial charge in [0.05, 0.1) is 23.3 Å². The van der Waals surface area contributed by atoms with Gasteiger partial charge in [-0.1, -0.05) is 24.3 Å². The number of hydrogen-bond acceptors (Lipinski definition) is 6. The van der Waals surface area contributed by atoms with Crippen LogP contribution in [0.15, 0.2) is 47.4 Å². The van der Waals surface area contributed by atoms with Crippen molar-refractivity contribution in [3.05, 3.63) is 48.2 Å². The Bertz CT molecular complexity index is 1290. The number of hydrogen-bond donors (Lipinski definition) is 1. The van der Waals surface area contributed by atoms with Crippen molar-refractivity contribution < 1.29 is 25.6 Å². The van der Waals surface area contributed by atoms with E-state index in [-0.39, 0.29) is 17.3 Å². The summed E-state index contributed by atoms with van der Waals surface area (Å²) in [4.78, 5) is 0.107. The molecule has 0 fully saturated rings. The van der Waals surface area contributed by atoms with Crippen molar-refractivity contribution in [1.29, 1.82) is 0 Å². The third-order valence-corrected chi connectivity index (χ3v) is 5.85. The number of aryl methyl sites for hydroxylation is 1. The van der Waals surface area contributed by atoms with Crippen LogP contribution in [0, 0.1) is 6.92 Å². The van der Waals surface area contributed by atoms with Crippen LogP contribution in [0.1, 0.15) is 5.69 Å². The third kappa shape index (κ3) is 3.07. The van der Waals surface area contributed by atoms with Crippen LogP contribution in [0.2, 0.25) is 0 Å². The second kappa shape index (κ2) is 7.34. The number of rotatable bonds is 4. The van der Waals surface area contributed by atoms with E-state index in [1.165, 1.54) is 26.3 Å². The standard InChI is InChI=1S/C18H17N5O3S.ClH/c1-11-13-6-4-5-7-14(13)17-20-21-18(23(17)22-11)15-10-12(27(24,25)19-2)8-9-16(15)26-3;/h4-10,19H,1-3H3;1H/p-1. The largest absolute Gasteiger partial charge is 1.00 e. The molecule has 0 radical (unpaired) electrons. The number of aromatic nitrogens is 4. The first-order valence-electron chi connectivity index (χ1n) is 8.19. The Morgan fingerprint density at radius 2 is 1.79 bits per heavy atom. The molecule has 0 spiro atoms. The molecule has 0 aliphatic heterocycles. The Balaban J connectivity index is 0.00000225. The van der Waals surface area contributed by atoms with E-state index in [1.807, 2.05) is 31.2 Å². The van der Waals surface area contributed by atoms with E-state index in [0.29, 0.717) is 22.8 Å². The molecule has 0 bridgehead atoms. The molecule has 146 valence electrons. The van der Waals surface area contributed by atoms with E-state index in [9.17, 15) is 8.42 Å². The minimum Gasteiger partial charge on any atom is -1.00 e. The maximum Gasteiger partial charge on any atom is 0.240 e. The molecule has 2 heterocycles. The van der Waals surface area contributed by atoms with Crippen molar-refractivity contribution in [3.8, 4) is 17.1 Å². The topological polar surface area (TPSA) is 98.5 Å². The van der Waals surface area contributed by atoms with Gasteiger partial charge in [0.1, 0.15) is 5.75 Å². The first-order valence-corrected chi connectivity index (χ1v) is 9.67. The van der Waals surface area contributed by atoms with Gasteiger partial charge in [-0.25, -0.2) is 13.1 Å². The van der Waals surface area contributed by atoms with Gasteiger partial charge in [-0.3, -0.25) is 0 Å². The first-order chi connectivity index (χ1) is 13.0. The fourth-order valence-electron chi connectivity index (χ4n) is 3.05. The smallest absolute Gasteiger partial charge is 0.240 e. The van der Waals surface area contributed by atoms with Gasteiger partial charge in [0.15, 0.2) is 11.5 Å². The molecule has 0 unspecified atom stereocenters. The highest BCUT2D eigenvalue weighted by Gasteiger charge is 2.20. The quantitative estimate of drug-likeness (QED) is 0.464. The van der Waals surface area contributed by atoms with Crippen molar-refractivity contribution in [1.82, 2.24) is 24.5 Å². The molecular formula is C18H17ClN5O3S-. The molecule has 0 amide bonds. The van der Waals surface area contributed by atoms with E-state index in [1.54, 1.807) is 10.6 Å². The van der Waals surface area contributed by atoms with Crippen LogP contribution in [0.25, 0.3) is 27.8 Å². The lowest BCUT2D eigenvalue weighted by Gasteiger charge is -2.10. The third-order valence-electron chi connectivity index (χ3n) is 4.44. The highest BCUT2D eigenvalue weighted by Crippen LogP contribution is 2.32. The van der Waals surface area contributed by atoms with Crippen molar-refractivity contribution >= 4 is 26.4 Å². The molecule has 0 aliphatic carbocycles. The van der Waals surface area contributed by atoms with Crippen molar-refractivity contribution in [2.75, 3.05) is 14.2 Å². The van der Waals surface area contributed by atoms with Crippen molar-refractivity contribution in [2.45, 2.75) is 11.8 Å². The van der Waals surface area contributed by atoms with E-state index in [2.05, 4.69) is 20.0 Å². The number of sulfonamides is 1. The average molecular weight is 419 g/mol. The van der Waals surface area contributed by atoms with E-state index in [0.717, 1.165) is 16.5 Å². The molecule has 1 N–H and O–H groups in total. The molecule has 8 nitrogen and oxygen atoms in total. The van der Waals surface area contributed by atoms with Gasteiger partial charge in [0, 0.05) is 10.8 Å². The minimum atomic E-state index is -3.62. The van der Waals surface area contributed by atoms with Gasteiger partial charge in [-0.05, 0) is 32.2 Å². The fourth-order valence-corrected chi connectivity index (χ4v) is 3.81. The molecule has 2 aromatic heterocycles. The number of benzene rings is 2. The molecule has 10 heteroatoms. The lowest BCUT2D eigenvalue weighted by molar-refractivity contribution is -0.00000840. The molecule has 0 saturated heterocycles. The molecule has 0 atom stereocenters. The summed E-state index contributed by atoms with van der Waals surface area (Å²) in [6.07, 6.45) is 0. The summed E-state index contributed by atoms with van der Waals surface area (Å²) in [7, 11) is -0.736. The fraction of sp³-hybridized carbons (Fsp3) is 0.167. The maximum atomic E-state index is 12.2. The Morgan fingerprint density at radius 1 is 1.07 bits per heavy atom. The van der Waals surface area contributed by atoms with Gasteiger partial charge in [0.25, 0.3) is 0 Å². The summed E-state index contributed by atoms with van der Waals surface area (Å²) in [5.74, 6) is 0.885. The van der Waals surface area contributed by atoms with E-state index >= 15 is 0 Å². The minimum absolute atomic E-state index is 0. The zero-order valence-corrected chi connectivity index (χ0v) is 16.9.